The van der Waals surface area contributed by atoms with Crippen LogP contribution in [-0.2, 0) is 14.3 Å². The molecule has 0 aliphatic heterocycles. The van der Waals surface area contributed by atoms with Gasteiger partial charge in [-0.25, -0.2) is 4.79 Å². The molecule has 0 bridgehead atoms. The summed E-state index contributed by atoms with van der Waals surface area (Å²) in [4.78, 5) is 11.3. The molecule has 17 heavy (non-hydrogen) atoms. The van der Waals surface area contributed by atoms with Crippen molar-refractivity contribution in [3.63, 3.8) is 0 Å². The molecule has 0 saturated carbocycles. The molecule has 0 aliphatic carbocycles. The van der Waals surface area contributed by atoms with Crippen LogP contribution in [0.15, 0.2) is 12.7 Å². The quantitative estimate of drug-likeness (QED) is 0.528. The van der Waals surface area contributed by atoms with Crippen molar-refractivity contribution in [1.29, 1.82) is 0 Å². The van der Waals surface area contributed by atoms with Gasteiger partial charge in [0.15, 0.2) is 0 Å². The molecule has 0 aromatic heterocycles. The van der Waals surface area contributed by atoms with Crippen LogP contribution in [0, 0.1) is 0 Å². The summed E-state index contributed by atoms with van der Waals surface area (Å²) in [6.07, 6.45) is 2.67. The Kier molecular flexibility index (Phi) is 5.89. The highest BCUT2D eigenvalue weighted by atomic mass is 16.6. The van der Waals surface area contributed by atoms with E-state index in [1.165, 1.54) is 6.08 Å². The van der Waals surface area contributed by atoms with Gasteiger partial charge < -0.3 is 9.47 Å². The smallest absolute Gasteiger partial charge is 0.330 e. The fourth-order valence-electron chi connectivity index (χ4n) is 1.80. The van der Waals surface area contributed by atoms with Crippen LogP contribution in [0.25, 0.3) is 0 Å². The predicted octanol–water partition coefficient (Wildman–Crippen LogP) is 3.48. The molecule has 0 aromatic carbocycles. The molecule has 2 unspecified atom stereocenters. The van der Waals surface area contributed by atoms with Gasteiger partial charge >= 0.3 is 5.97 Å². The van der Waals surface area contributed by atoms with E-state index in [0.717, 1.165) is 6.42 Å². The van der Waals surface area contributed by atoms with Crippen molar-refractivity contribution >= 4 is 5.97 Å². The topological polar surface area (TPSA) is 35.5 Å². The van der Waals surface area contributed by atoms with Crippen LogP contribution in [0.2, 0.25) is 0 Å². The maximum Gasteiger partial charge on any atom is 0.330 e. The number of rotatable bonds is 6. The van der Waals surface area contributed by atoms with E-state index in [0.29, 0.717) is 6.42 Å². The number of hydrogen-bond acceptors (Lipinski definition) is 3. The Hall–Kier alpha value is -0.830. The van der Waals surface area contributed by atoms with Crippen molar-refractivity contribution in [2.45, 2.75) is 71.7 Å². The van der Waals surface area contributed by atoms with Crippen LogP contribution in [0.4, 0.5) is 0 Å². The van der Waals surface area contributed by atoms with Crippen molar-refractivity contribution < 1.29 is 14.3 Å². The standard InChI is InChI=1S/C14H26O3/c1-8-12(15)17-14(7,9-2)10-11(3)16-13(4,5)6/h8,11H,1,9-10H2,2-7H3. The zero-order valence-corrected chi connectivity index (χ0v) is 12.0. The van der Waals surface area contributed by atoms with Gasteiger partial charge in [-0.3, -0.25) is 0 Å². The van der Waals surface area contributed by atoms with Crippen LogP contribution < -0.4 is 0 Å². The monoisotopic (exact) mass is 242 g/mol. The number of ether oxygens (including phenoxy) is 2. The molecule has 0 aromatic rings. The molecular formula is C14H26O3. The van der Waals surface area contributed by atoms with Gasteiger partial charge in [-0.05, 0) is 41.0 Å². The fourth-order valence-corrected chi connectivity index (χ4v) is 1.80. The third-order valence-corrected chi connectivity index (χ3v) is 2.54. The minimum atomic E-state index is -0.490. The molecule has 0 fully saturated rings. The maximum atomic E-state index is 11.3. The minimum absolute atomic E-state index is 0.0394. The van der Waals surface area contributed by atoms with Crippen molar-refractivity contribution in [2.75, 3.05) is 0 Å². The zero-order chi connectivity index (χ0) is 13.7. The summed E-state index contributed by atoms with van der Waals surface area (Å²) in [5.74, 6) is -0.377. The average Bonchev–Trinajstić information content (AvgIpc) is 2.14. The Labute approximate surface area is 105 Å². The van der Waals surface area contributed by atoms with Crippen molar-refractivity contribution in [3.05, 3.63) is 12.7 Å². The minimum Gasteiger partial charge on any atom is -0.456 e. The van der Waals surface area contributed by atoms with Gasteiger partial charge in [0.25, 0.3) is 0 Å². The van der Waals surface area contributed by atoms with Gasteiger partial charge in [0.1, 0.15) is 5.60 Å². The Morgan fingerprint density at radius 2 is 1.88 bits per heavy atom. The number of carbonyl (C=O) groups is 1. The molecule has 0 saturated heterocycles. The van der Waals surface area contributed by atoms with Crippen LogP contribution in [0.3, 0.4) is 0 Å². The van der Waals surface area contributed by atoms with E-state index < -0.39 is 5.60 Å². The lowest BCUT2D eigenvalue weighted by Gasteiger charge is -2.33. The molecule has 3 nitrogen and oxygen atoms in total. The predicted molar refractivity (Wildman–Crippen MR) is 69.9 cm³/mol. The third-order valence-electron chi connectivity index (χ3n) is 2.54. The second kappa shape index (κ2) is 6.20. The number of hydrogen-bond donors (Lipinski definition) is 0. The van der Waals surface area contributed by atoms with Crippen LogP contribution in [0.1, 0.15) is 54.4 Å². The molecule has 2 atom stereocenters. The first-order valence-corrected chi connectivity index (χ1v) is 6.15. The molecule has 0 rings (SSSR count). The van der Waals surface area contributed by atoms with E-state index in [9.17, 15) is 4.79 Å². The Balaban J connectivity index is 4.46. The maximum absolute atomic E-state index is 11.3. The highest BCUT2D eigenvalue weighted by Gasteiger charge is 2.30. The Bertz CT molecular complexity index is 265. The molecular weight excluding hydrogens is 216 g/mol. The Morgan fingerprint density at radius 1 is 1.35 bits per heavy atom. The average molecular weight is 242 g/mol. The lowest BCUT2D eigenvalue weighted by molar-refractivity contribution is -0.158. The molecule has 0 N–H and O–H groups in total. The van der Waals surface area contributed by atoms with Gasteiger partial charge in [0.2, 0.25) is 0 Å². The van der Waals surface area contributed by atoms with E-state index in [1.807, 2.05) is 41.5 Å². The number of carbonyl (C=O) groups excluding carboxylic acids is 1. The van der Waals surface area contributed by atoms with E-state index in [4.69, 9.17) is 9.47 Å². The van der Waals surface area contributed by atoms with E-state index in [-0.39, 0.29) is 17.7 Å². The van der Waals surface area contributed by atoms with Crippen LogP contribution in [0.5, 0.6) is 0 Å². The zero-order valence-electron chi connectivity index (χ0n) is 12.0. The van der Waals surface area contributed by atoms with Crippen molar-refractivity contribution in [2.24, 2.45) is 0 Å². The van der Waals surface area contributed by atoms with Crippen molar-refractivity contribution in [3.8, 4) is 0 Å². The summed E-state index contributed by atoms with van der Waals surface area (Å²) in [6.45, 7) is 15.4. The highest BCUT2D eigenvalue weighted by Crippen LogP contribution is 2.25. The first-order chi connectivity index (χ1) is 7.62. The largest absolute Gasteiger partial charge is 0.456 e. The van der Waals surface area contributed by atoms with Gasteiger partial charge in [-0.2, -0.15) is 0 Å². The van der Waals surface area contributed by atoms with E-state index in [1.54, 1.807) is 0 Å². The second-order valence-corrected chi connectivity index (χ2v) is 5.67. The third kappa shape index (κ3) is 7.16. The van der Waals surface area contributed by atoms with Gasteiger partial charge in [0, 0.05) is 12.5 Å². The summed E-state index contributed by atoms with van der Waals surface area (Å²) in [5, 5.41) is 0. The summed E-state index contributed by atoms with van der Waals surface area (Å²) in [6, 6.07) is 0. The lowest BCUT2D eigenvalue weighted by atomic mass is 9.95. The normalized spacial score (nSPS) is 17.1. The Morgan fingerprint density at radius 3 is 2.24 bits per heavy atom. The van der Waals surface area contributed by atoms with Gasteiger partial charge in [-0.15, -0.1) is 0 Å². The van der Waals surface area contributed by atoms with E-state index in [2.05, 4.69) is 6.58 Å². The SMILES string of the molecule is C=CC(=O)OC(C)(CC)CC(C)OC(C)(C)C. The van der Waals surface area contributed by atoms with Gasteiger partial charge in [0.05, 0.1) is 11.7 Å². The van der Waals surface area contributed by atoms with Crippen LogP contribution in [-0.4, -0.2) is 23.3 Å². The first-order valence-electron chi connectivity index (χ1n) is 6.15. The summed E-state index contributed by atoms with van der Waals surface area (Å²) in [5.41, 5.74) is -0.674. The summed E-state index contributed by atoms with van der Waals surface area (Å²) in [7, 11) is 0. The molecule has 0 spiro atoms. The molecule has 0 amide bonds. The summed E-state index contributed by atoms with van der Waals surface area (Å²) < 4.78 is 11.2. The van der Waals surface area contributed by atoms with Crippen LogP contribution >= 0.6 is 0 Å². The molecule has 0 radical (unpaired) electrons. The number of esters is 1. The lowest BCUT2D eigenvalue weighted by Crippen LogP contribution is -2.37. The summed E-state index contributed by atoms with van der Waals surface area (Å²) >= 11 is 0. The molecule has 3 heteroatoms. The van der Waals surface area contributed by atoms with Gasteiger partial charge in [-0.1, -0.05) is 13.5 Å². The van der Waals surface area contributed by atoms with E-state index >= 15 is 0 Å². The molecule has 100 valence electrons. The highest BCUT2D eigenvalue weighted by molar-refractivity contribution is 5.81. The second-order valence-electron chi connectivity index (χ2n) is 5.67. The first kappa shape index (κ1) is 16.2. The van der Waals surface area contributed by atoms with Crippen molar-refractivity contribution in [1.82, 2.24) is 0 Å². The molecule has 0 heterocycles. The fraction of sp³-hybridized carbons (Fsp3) is 0.786. The molecule has 0 aliphatic rings.